The van der Waals surface area contributed by atoms with Crippen molar-refractivity contribution in [3.8, 4) is 0 Å². The van der Waals surface area contributed by atoms with E-state index in [0.29, 0.717) is 19.3 Å². The molecular weight excluding hydrogens is 781 g/mol. The molecule has 0 N–H and O–H groups in total. The number of hydrogen-bond donors (Lipinski definition) is 0. The first-order valence-electron chi connectivity index (χ1n) is 27.5. The lowest BCUT2D eigenvalue weighted by Gasteiger charge is -2.18. The quantitative estimate of drug-likeness (QED) is 0.0262. The predicted octanol–water partition coefficient (Wildman–Crippen LogP) is 18.1. The van der Waals surface area contributed by atoms with Crippen LogP contribution in [-0.2, 0) is 28.6 Å². The molecule has 0 aromatic rings. The fourth-order valence-electron chi connectivity index (χ4n) is 7.95. The van der Waals surface area contributed by atoms with Gasteiger partial charge in [0, 0.05) is 19.3 Å². The molecule has 0 spiro atoms. The predicted molar refractivity (Wildman–Crippen MR) is 270 cm³/mol. The van der Waals surface area contributed by atoms with Crippen LogP contribution in [-0.4, -0.2) is 37.2 Å². The second-order valence-electron chi connectivity index (χ2n) is 18.5. The third-order valence-electron chi connectivity index (χ3n) is 12.1. The normalized spacial score (nSPS) is 12.2. The van der Waals surface area contributed by atoms with Crippen molar-refractivity contribution in [1.82, 2.24) is 0 Å². The van der Waals surface area contributed by atoms with Crippen LogP contribution in [0.15, 0.2) is 36.5 Å². The summed E-state index contributed by atoms with van der Waals surface area (Å²) in [4.78, 5) is 38.0. The summed E-state index contributed by atoms with van der Waals surface area (Å²) in [6, 6.07) is 0. The molecule has 368 valence electrons. The van der Waals surface area contributed by atoms with E-state index in [1.165, 1.54) is 167 Å². The minimum atomic E-state index is -0.776. The van der Waals surface area contributed by atoms with Crippen molar-refractivity contribution in [1.29, 1.82) is 0 Å². The molecule has 0 bridgehead atoms. The lowest BCUT2D eigenvalue weighted by Crippen LogP contribution is -2.30. The average molecular weight is 885 g/mol. The first-order chi connectivity index (χ1) is 31.0. The molecule has 0 aliphatic rings. The van der Waals surface area contributed by atoms with Gasteiger partial charge in [0.2, 0.25) is 0 Å². The third-order valence-corrected chi connectivity index (χ3v) is 12.1. The van der Waals surface area contributed by atoms with E-state index >= 15 is 0 Å². The summed E-state index contributed by atoms with van der Waals surface area (Å²) >= 11 is 0. The number of carbonyl (C=O) groups is 3. The van der Waals surface area contributed by atoms with Crippen molar-refractivity contribution in [2.75, 3.05) is 13.2 Å². The van der Waals surface area contributed by atoms with Crippen LogP contribution in [0.4, 0.5) is 0 Å². The molecule has 0 amide bonds. The van der Waals surface area contributed by atoms with E-state index in [1.54, 1.807) is 0 Å². The van der Waals surface area contributed by atoms with E-state index in [4.69, 9.17) is 14.2 Å². The van der Waals surface area contributed by atoms with E-state index < -0.39 is 6.10 Å². The van der Waals surface area contributed by atoms with E-state index in [2.05, 4.69) is 57.2 Å². The highest BCUT2D eigenvalue weighted by molar-refractivity contribution is 5.71. The highest BCUT2D eigenvalue weighted by Gasteiger charge is 2.19. The Morgan fingerprint density at radius 1 is 0.317 bits per heavy atom. The standard InChI is InChI=1S/C57H104O6/c1-4-7-10-13-16-19-22-25-27-28-29-30-33-35-38-41-44-47-50-56(59)62-53-54(52-61-55(58)49-46-43-40-37-34-31-24-21-18-15-12-9-6-3)63-57(60)51-48-45-42-39-36-32-26-23-20-17-14-11-8-5-2/h12,15,21,24,27-28,54H,4-11,13-14,16-20,22-23,25-26,29-53H2,1-3H3/b15-12-,24-21-,28-27-. The van der Waals surface area contributed by atoms with Gasteiger partial charge < -0.3 is 14.2 Å². The van der Waals surface area contributed by atoms with Crippen LogP contribution in [0.2, 0.25) is 0 Å². The Morgan fingerprint density at radius 2 is 0.603 bits per heavy atom. The Hall–Kier alpha value is -2.37. The van der Waals surface area contributed by atoms with E-state index in [1.807, 2.05) is 0 Å². The zero-order chi connectivity index (χ0) is 45.8. The second kappa shape index (κ2) is 52.3. The average Bonchev–Trinajstić information content (AvgIpc) is 3.28. The largest absolute Gasteiger partial charge is 0.462 e. The highest BCUT2D eigenvalue weighted by Crippen LogP contribution is 2.16. The molecule has 1 atom stereocenters. The van der Waals surface area contributed by atoms with Crippen LogP contribution >= 0.6 is 0 Å². The summed E-state index contributed by atoms with van der Waals surface area (Å²) in [5.41, 5.74) is 0. The van der Waals surface area contributed by atoms with Gasteiger partial charge in [-0.25, -0.2) is 0 Å². The number of carbonyl (C=O) groups excluding carboxylic acids is 3. The fraction of sp³-hybridized carbons (Fsp3) is 0.842. The zero-order valence-electron chi connectivity index (χ0n) is 42.1. The van der Waals surface area contributed by atoms with Crippen LogP contribution in [0.25, 0.3) is 0 Å². The summed E-state index contributed by atoms with van der Waals surface area (Å²) < 4.78 is 16.8. The minimum absolute atomic E-state index is 0.0758. The van der Waals surface area contributed by atoms with Gasteiger partial charge in [-0.15, -0.1) is 0 Å². The summed E-state index contributed by atoms with van der Waals surface area (Å²) in [6.45, 7) is 6.59. The second-order valence-corrected chi connectivity index (χ2v) is 18.5. The minimum Gasteiger partial charge on any atom is -0.462 e. The zero-order valence-corrected chi connectivity index (χ0v) is 42.1. The summed E-state index contributed by atoms with van der Waals surface area (Å²) in [5, 5.41) is 0. The van der Waals surface area contributed by atoms with E-state index in [0.717, 1.165) is 83.5 Å². The Bertz CT molecular complexity index is 1060. The van der Waals surface area contributed by atoms with Gasteiger partial charge in [0.05, 0.1) is 0 Å². The van der Waals surface area contributed by atoms with Gasteiger partial charge in [-0.2, -0.15) is 0 Å². The van der Waals surface area contributed by atoms with E-state index in [9.17, 15) is 14.4 Å². The Labute approximate surface area is 391 Å². The third kappa shape index (κ3) is 50.5. The SMILES string of the molecule is CCC/C=C\C/C=C\CCCCCCCC(=O)OCC(COC(=O)CCCCCCCCC/C=C\CCCCCCCCC)OC(=O)CCCCCCCCCCCCCCCC. The first kappa shape index (κ1) is 60.6. The maximum absolute atomic E-state index is 12.8. The molecule has 0 rings (SSSR count). The number of unbranched alkanes of at least 4 members (excludes halogenated alkanes) is 33. The first-order valence-corrected chi connectivity index (χ1v) is 27.5. The van der Waals surface area contributed by atoms with Gasteiger partial charge in [0.25, 0.3) is 0 Å². The number of hydrogen-bond acceptors (Lipinski definition) is 6. The lowest BCUT2D eigenvalue weighted by molar-refractivity contribution is -0.167. The van der Waals surface area contributed by atoms with Crippen molar-refractivity contribution in [3.63, 3.8) is 0 Å². The molecule has 0 fully saturated rings. The fourth-order valence-corrected chi connectivity index (χ4v) is 7.95. The molecule has 1 unspecified atom stereocenters. The molecule has 0 aromatic heterocycles. The maximum Gasteiger partial charge on any atom is 0.306 e. The van der Waals surface area contributed by atoms with Crippen molar-refractivity contribution in [2.24, 2.45) is 0 Å². The molecule has 6 nitrogen and oxygen atoms in total. The molecule has 63 heavy (non-hydrogen) atoms. The van der Waals surface area contributed by atoms with Crippen molar-refractivity contribution in [2.45, 2.75) is 297 Å². The molecule has 0 saturated carbocycles. The van der Waals surface area contributed by atoms with Crippen LogP contribution < -0.4 is 0 Å². The molecule has 6 heteroatoms. The highest BCUT2D eigenvalue weighted by atomic mass is 16.6. The molecule has 0 aliphatic heterocycles. The van der Waals surface area contributed by atoms with Crippen LogP contribution in [0.1, 0.15) is 290 Å². The number of esters is 3. The summed E-state index contributed by atoms with van der Waals surface area (Å²) in [5.74, 6) is -0.881. The van der Waals surface area contributed by atoms with Gasteiger partial charge in [-0.3, -0.25) is 14.4 Å². The Balaban J connectivity index is 4.34. The van der Waals surface area contributed by atoms with Gasteiger partial charge in [0.15, 0.2) is 6.10 Å². The van der Waals surface area contributed by atoms with Gasteiger partial charge in [-0.1, -0.05) is 237 Å². The molecule has 0 radical (unpaired) electrons. The van der Waals surface area contributed by atoms with Crippen molar-refractivity contribution < 1.29 is 28.6 Å². The summed E-state index contributed by atoms with van der Waals surface area (Å²) in [7, 11) is 0. The molecular formula is C57H104O6. The Morgan fingerprint density at radius 3 is 0.952 bits per heavy atom. The van der Waals surface area contributed by atoms with Gasteiger partial charge in [0.1, 0.15) is 13.2 Å². The smallest absolute Gasteiger partial charge is 0.306 e. The molecule has 0 aliphatic carbocycles. The van der Waals surface area contributed by atoms with Crippen LogP contribution in [0.3, 0.4) is 0 Å². The number of allylic oxidation sites excluding steroid dienone is 6. The van der Waals surface area contributed by atoms with Crippen molar-refractivity contribution in [3.05, 3.63) is 36.5 Å². The lowest BCUT2D eigenvalue weighted by atomic mass is 10.0. The molecule has 0 aromatic carbocycles. The topological polar surface area (TPSA) is 78.9 Å². The molecule has 0 saturated heterocycles. The van der Waals surface area contributed by atoms with Gasteiger partial charge in [-0.05, 0) is 70.6 Å². The number of rotatable bonds is 50. The maximum atomic E-state index is 12.8. The molecule has 0 heterocycles. The summed E-state index contributed by atoms with van der Waals surface area (Å²) in [6.07, 6.45) is 61.3. The van der Waals surface area contributed by atoms with E-state index in [-0.39, 0.29) is 31.1 Å². The van der Waals surface area contributed by atoms with Crippen LogP contribution in [0.5, 0.6) is 0 Å². The van der Waals surface area contributed by atoms with Crippen LogP contribution in [0, 0.1) is 0 Å². The Kier molecular flexibility index (Phi) is 50.3. The monoisotopic (exact) mass is 885 g/mol. The number of ether oxygens (including phenoxy) is 3. The van der Waals surface area contributed by atoms with Crippen molar-refractivity contribution >= 4 is 17.9 Å². The van der Waals surface area contributed by atoms with Gasteiger partial charge >= 0.3 is 17.9 Å².